The molecule has 0 atom stereocenters. The first kappa shape index (κ1) is 29.5. The highest BCUT2D eigenvalue weighted by Crippen LogP contribution is 2.45. The molecule has 4 heteroatoms. The molecule has 11 aromatic rings. The highest BCUT2D eigenvalue weighted by Gasteiger charge is 2.19. The third kappa shape index (κ3) is 4.55. The van der Waals surface area contributed by atoms with Gasteiger partial charge in [-0.3, -0.25) is 0 Å². The van der Waals surface area contributed by atoms with Crippen molar-refractivity contribution in [3.8, 4) is 16.8 Å². The Morgan fingerprint density at radius 2 is 0.904 bits per heavy atom. The number of anilines is 3. The fraction of sp³-hybridized carbons (Fsp3) is 0. The standard InChI is InChI=1S/C48H30N2S2/c1-2-12-32(13-3-1)49(34-26-27-47-41(28-34)38-16-6-10-20-45(38)51-47)33-24-22-31(23-25-33)40-29-35(30-42-39-17-7-11-21-46(39)52-48(40)42)50-43-18-8-4-14-36(43)37-15-5-9-19-44(37)50/h1-30H. The molecule has 0 spiro atoms. The molecule has 0 aliphatic heterocycles. The van der Waals surface area contributed by atoms with E-state index >= 15 is 0 Å². The average Bonchev–Trinajstić information content (AvgIpc) is 3.88. The van der Waals surface area contributed by atoms with Crippen molar-refractivity contribution in [2.24, 2.45) is 0 Å². The topological polar surface area (TPSA) is 8.17 Å². The first-order chi connectivity index (χ1) is 25.8. The van der Waals surface area contributed by atoms with Crippen molar-refractivity contribution < 1.29 is 0 Å². The van der Waals surface area contributed by atoms with Gasteiger partial charge in [0.25, 0.3) is 0 Å². The van der Waals surface area contributed by atoms with Crippen LogP contribution in [-0.4, -0.2) is 4.57 Å². The number of hydrogen-bond acceptors (Lipinski definition) is 3. The van der Waals surface area contributed by atoms with Gasteiger partial charge in [0.05, 0.1) is 11.0 Å². The SMILES string of the molecule is c1ccc(N(c2ccc(-c3cc(-n4c5ccccc5c5ccccc54)cc4c3sc3ccccc34)cc2)c2ccc3sc4ccccc4c3c2)cc1. The molecular weight excluding hydrogens is 669 g/mol. The summed E-state index contributed by atoms with van der Waals surface area (Å²) in [6.45, 7) is 0. The predicted octanol–water partition coefficient (Wildman–Crippen LogP) is 14.7. The Labute approximate surface area is 308 Å². The maximum absolute atomic E-state index is 2.44. The second kappa shape index (κ2) is 11.7. The number of fused-ring (bicyclic) bond motifs is 9. The van der Waals surface area contributed by atoms with E-state index in [4.69, 9.17) is 0 Å². The zero-order chi connectivity index (χ0) is 34.2. The molecular formula is C48H30N2S2. The Morgan fingerprint density at radius 1 is 0.365 bits per heavy atom. The molecule has 3 aromatic heterocycles. The van der Waals surface area contributed by atoms with Crippen LogP contribution in [0.3, 0.4) is 0 Å². The van der Waals surface area contributed by atoms with E-state index in [0.29, 0.717) is 0 Å². The molecule has 0 bridgehead atoms. The molecule has 0 saturated heterocycles. The lowest BCUT2D eigenvalue weighted by Crippen LogP contribution is -2.09. The summed E-state index contributed by atoms with van der Waals surface area (Å²) >= 11 is 3.74. The van der Waals surface area contributed by atoms with Crippen LogP contribution in [0.25, 0.3) is 79.0 Å². The van der Waals surface area contributed by atoms with Crippen LogP contribution >= 0.6 is 22.7 Å². The molecule has 0 unspecified atom stereocenters. The third-order valence-corrected chi connectivity index (χ3v) is 12.7. The van der Waals surface area contributed by atoms with Crippen LogP contribution in [0.5, 0.6) is 0 Å². The second-order valence-electron chi connectivity index (χ2n) is 13.3. The largest absolute Gasteiger partial charge is 0.310 e. The van der Waals surface area contributed by atoms with Crippen LogP contribution in [0.15, 0.2) is 182 Å². The molecule has 0 saturated carbocycles. The maximum atomic E-state index is 2.44. The first-order valence-corrected chi connectivity index (χ1v) is 19.2. The Kier molecular flexibility index (Phi) is 6.63. The molecule has 2 nitrogen and oxygen atoms in total. The highest BCUT2D eigenvalue weighted by atomic mass is 32.1. The quantitative estimate of drug-likeness (QED) is 0.174. The van der Waals surface area contributed by atoms with Crippen molar-refractivity contribution in [3.05, 3.63) is 182 Å². The highest BCUT2D eigenvalue weighted by molar-refractivity contribution is 7.26. The summed E-state index contributed by atoms with van der Waals surface area (Å²) in [5.41, 5.74) is 9.48. The lowest BCUT2D eigenvalue weighted by Gasteiger charge is -2.26. The van der Waals surface area contributed by atoms with Gasteiger partial charge in [0.1, 0.15) is 0 Å². The van der Waals surface area contributed by atoms with E-state index in [0.717, 1.165) is 17.1 Å². The number of nitrogens with zero attached hydrogens (tertiary/aromatic N) is 2. The molecule has 52 heavy (non-hydrogen) atoms. The van der Waals surface area contributed by atoms with E-state index in [-0.39, 0.29) is 0 Å². The van der Waals surface area contributed by atoms with Crippen LogP contribution in [-0.2, 0) is 0 Å². The summed E-state index contributed by atoms with van der Waals surface area (Å²) < 4.78 is 7.69. The fourth-order valence-corrected chi connectivity index (χ4v) is 10.3. The number of aromatic nitrogens is 1. The lowest BCUT2D eigenvalue weighted by atomic mass is 10.0. The van der Waals surface area contributed by atoms with Crippen molar-refractivity contribution in [2.75, 3.05) is 4.90 Å². The van der Waals surface area contributed by atoms with E-state index < -0.39 is 0 Å². The van der Waals surface area contributed by atoms with Gasteiger partial charge in [-0.1, -0.05) is 103 Å². The van der Waals surface area contributed by atoms with Crippen molar-refractivity contribution in [1.82, 2.24) is 4.57 Å². The number of benzene rings is 8. The van der Waals surface area contributed by atoms with Crippen LogP contribution in [0.2, 0.25) is 0 Å². The van der Waals surface area contributed by atoms with Gasteiger partial charge in [-0.2, -0.15) is 0 Å². The third-order valence-electron chi connectivity index (χ3n) is 10.4. The molecule has 0 aliphatic carbocycles. The Hall–Kier alpha value is -6.20. The van der Waals surface area contributed by atoms with E-state index in [1.807, 2.05) is 22.7 Å². The number of thiophene rings is 2. The van der Waals surface area contributed by atoms with E-state index in [1.54, 1.807) is 0 Å². The van der Waals surface area contributed by atoms with Crippen molar-refractivity contribution >= 4 is 102 Å². The molecule has 0 amide bonds. The van der Waals surface area contributed by atoms with Crippen LogP contribution < -0.4 is 4.90 Å². The zero-order valence-corrected chi connectivity index (χ0v) is 29.7. The Balaban J connectivity index is 1.10. The molecule has 0 radical (unpaired) electrons. The summed E-state index contributed by atoms with van der Waals surface area (Å²) in [6, 6.07) is 66.6. The van der Waals surface area contributed by atoms with Gasteiger partial charge >= 0.3 is 0 Å². The first-order valence-electron chi connectivity index (χ1n) is 17.6. The van der Waals surface area contributed by atoms with Gasteiger partial charge in [-0.15, -0.1) is 22.7 Å². The van der Waals surface area contributed by atoms with Gasteiger partial charge < -0.3 is 9.47 Å². The summed E-state index contributed by atoms with van der Waals surface area (Å²) in [6.07, 6.45) is 0. The minimum Gasteiger partial charge on any atom is -0.310 e. The Bertz CT molecular complexity index is 3080. The summed E-state index contributed by atoms with van der Waals surface area (Å²) in [4.78, 5) is 2.37. The maximum Gasteiger partial charge on any atom is 0.0541 e. The van der Waals surface area contributed by atoms with Gasteiger partial charge in [0, 0.05) is 79.4 Å². The van der Waals surface area contributed by atoms with Crippen molar-refractivity contribution in [1.29, 1.82) is 0 Å². The molecule has 244 valence electrons. The molecule has 0 N–H and O–H groups in total. The predicted molar refractivity (Wildman–Crippen MR) is 227 cm³/mol. The van der Waals surface area contributed by atoms with Gasteiger partial charge in [-0.05, 0) is 84.4 Å². The lowest BCUT2D eigenvalue weighted by molar-refractivity contribution is 1.19. The Morgan fingerprint density at radius 3 is 1.62 bits per heavy atom. The van der Waals surface area contributed by atoms with Crippen LogP contribution in [0, 0.1) is 0 Å². The van der Waals surface area contributed by atoms with Crippen LogP contribution in [0.1, 0.15) is 0 Å². The zero-order valence-electron chi connectivity index (χ0n) is 28.0. The van der Waals surface area contributed by atoms with Gasteiger partial charge in [0.15, 0.2) is 0 Å². The molecule has 3 heterocycles. The summed E-state index contributed by atoms with van der Waals surface area (Å²) in [5, 5.41) is 7.74. The van der Waals surface area contributed by atoms with Gasteiger partial charge in [-0.25, -0.2) is 0 Å². The monoisotopic (exact) mass is 698 g/mol. The number of para-hydroxylation sites is 3. The second-order valence-corrected chi connectivity index (χ2v) is 15.5. The van der Waals surface area contributed by atoms with E-state index in [1.165, 1.54) is 79.0 Å². The minimum absolute atomic E-state index is 1.12. The molecule has 0 fully saturated rings. The number of rotatable bonds is 5. The normalized spacial score (nSPS) is 11.8. The van der Waals surface area contributed by atoms with Crippen molar-refractivity contribution in [2.45, 2.75) is 0 Å². The van der Waals surface area contributed by atoms with Gasteiger partial charge in [0.2, 0.25) is 0 Å². The minimum atomic E-state index is 1.12. The summed E-state index contributed by atoms with van der Waals surface area (Å²) in [5.74, 6) is 0. The van der Waals surface area contributed by atoms with Crippen molar-refractivity contribution in [3.63, 3.8) is 0 Å². The van der Waals surface area contributed by atoms with E-state index in [2.05, 4.69) is 191 Å². The summed E-state index contributed by atoms with van der Waals surface area (Å²) in [7, 11) is 0. The smallest absolute Gasteiger partial charge is 0.0541 e. The number of hydrogen-bond donors (Lipinski definition) is 0. The average molecular weight is 699 g/mol. The molecule has 11 rings (SSSR count). The fourth-order valence-electron chi connectivity index (χ4n) is 8.02. The molecule has 0 aliphatic rings. The van der Waals surface area contributed by atoms with E-state index in [9.17, 15) is 0 Å². The van der Waals surface area contributed by atoms with Crippen LogP contribution in [0.4, 0.5) is 17.1 Å². The molecule has 8 aromatic carbocycles.